The number of hydrogen-bond acceptors (Lipinski definition) is 9. The van der Waals surface area contributed by atoms with E-state index >= 15 is 0 Å². The van der Waals surface area contributed by atoms with Crippen LogP contribution in [0, 0.1) is 11.3 Å². The van der Waals surface area contributed by atoms with Gasteiger partial charge >= 0.3 is 16.3 Å². The Morgan fingerprint density at radius 2 is 1.76 bits per heavy atom. The molecular weight excluding hydrogens is 653 g/mol. The number of carboxylic acid groups (broad SMARTS) is 1. The predicted octanol–water partition coefficient (Wildman–Crippen LogP) is 4.94. The maximum absolute atomic E-state index is 14.2. The Labute approximate surface area is 271 Å². The van der Waals surface area contributed by atoms with Crippen LogP contribution in [0.25, 0.3) is 0 Å². The highest BCUT2D eigenvalue weighted by Gasteiger charge is 2.52. The van der Waals surface area contributed by atoms with Crippen molar-refractivity contribution >= 4 is 60.1 Å². The number of nitrogens with zero attached hydrogens (tertiary/aromatic N) is 2. The minimum Gasteiger partial charge on any atom is -0.464 e. The molecule has 1 aliphatic heterocycles. The molecule has 0 fully saturated rings. The van der Waals surface area contributed by atoms with E-state index in [1.54, 1.807) is 61.5 Å². The summed E-state index contributed by atoms with van der Waals surface area (Å²) in [6.45, 7) is 6.92. The zero-order valence-corrected chi connectivity index (χ0v) is 28.1. The van der Waals surface area contributed by atoms with Gasteiger partial charge in [-0.25, -0.2) is 4.79 Å². The molecule has 15 heteroatoms. The largest absolute Gasteiger partial charge is 0.464 e. The molecule has 0 bridgehead atoms. The monoisotopic (exact) mass is 686 g/mol. The number of rotatable bonds is 9. The summed E-state index contributed by atoms with van der Waals surface area (Å²) in [6, 6.07) is 15.0. The first-order valence-electron chi connectivity index (χ1n) is 14.4. The molecule has 3 N–H and O–H groups in total. The fourth-order valence-electron chi connectivity index (χ4n) is 5.60. The average molecular weight is 687 g/mol. The van der Waals surface area contributed by atoms with E-state index in [1.165, 1.54) is 5.38 Å². The third-order valence-corrected chi connectivity index (χ3v) is 12.0. The van der Waals surface area contributed by atoms with Gasteiger partial charge in [0.15, 0.2) is 11.6 Å². The molecule has 46 heavy (non-hydrogen) atoms. The minimum atomic E-state index is -4.61. The summed E-state index contributed by atoms with van der Waals surface area (Å²) < 4.78 is 59.4. The van der Waals surface area contributed by atoms with Crippen LogP contribution in [0.1, 0.15) is 67.6 Å². The van der Waals surface area contributed by atoms with Crippen LogP contribution in [-0.2, 0) is 43.5 Å². The molecule has 2 atom stereocenters. The van der Waals surface area contributed by atoms with Gasteiger partial charge in [-0.3, -0.25) is 9.59 Å². The van der Waals surface area contributed by atoms with Crippen LogP contribution in [-0.4, -0.2) is 49.7 Å². The quantitative estimate of drug-likeness (QED) is 0.263. The van der Waals surface area contributed by atoms with E-state index in [4.69, 9.17) is 0 Å². The summed E-state index contributed by atoms with van der Waals surface area (Å²) in [4.78, 5) is 39.4. The van der Waals surface area contributed by atoms with Crippen molar-refractivity contribution < 1.29 is 36.3 Å². The van der Waals surface area contributed by atoms with Crippen LogP contribution < -0.4 is 10.0 Å². The lowest BCUT2D eigenvalue weighted by Crippen LogP contribution is -2.51. The molecule has 244 valence electrons. The molecule has 0 radical (unpaired) electrons. The van der Waals surface area contributed by atoms with Crippen molar-refractivity contribution in [1.82, 2.24) is 9.03 Å². The average Bonchev–Trinajstić information content (AvgIpc) is 3.41. The van der Waals surface area contributed by atoms with Gasteiger partial charge in [0, 0.05) is 17.7 Å². The van der Waals surface area contributed by atoms with Gasteiger partial charge in [-0.15, -0.1) is 15.7 Å². The second kappa shape index (κ2) is 12.0. The van der Waals surface area contributed by atoms with E-state index in [0.717, 1.165) is 11.3 Å². The highest BCUT2D eigenvalue weighted by molar-refractivity contribution is 7.91. The second-order valence-electron chi connectivity index (χ2n) is 12.7. The number of fused-ring (bicyclic) bond motifs is 2. The smallest absolute Gasteiger partial charge is 0.422 e. The Morgan fingerprint density at radius 1 is 1.11 bits per heavy atom. The Balaban J connectivity index is 1.43. The maximum Gasteiger partial charge on any atom is 0.422 e. The van der Waals surface area contributed by atoms with Crippen molar-refractivity contribution in [2.24, 2.45) is 15.7 Å². The van der Waals surface area contributed by atoms with Crippen LogP contribution in [0.5, 0.6) is 0 Å². The van der Waals surface area contributed by atoms with Gasteiger partial charge in [-0.2, -0.15) is 25.9 Å². The van der Waals surface area contributed by atoms with Crippen LogP contribution in [0.15, 0.2) is 69.3 Å². The fraction of sp³-hybridized carbons (Fsp3) is 0.355. The number of carbonyl (C=O) groups is 3. The van der Waals surface area contributed by atoms with Crippen LogP contribution >= 0.6 is 11.3 Å². The standard InChI is InChI=1S/C31H34N4O8S3/c1-30(2,3)14-15-31(4)22-13-9-8-12-21(22)24(36)23(26(31)37)27-33-28-25(45(40,41)34-27)20(18-44-28)16-32-46(42,43)35(29(38)39)17-19-10-6-5-7-11-19/h5-13,18,23,32H,14-17H2,1-4H3,(H,33,34)(H,38,39)/t23?,31-/m1/s1. The molecule has 1 aromatic heterocycles. The molecule has 2 aromatic carbocycles. The molecule has 0 saturated carbocycles. The molecule has 5 rings (SSSR count). The number of hydrogen-bond donors (Lipinski definition) is 3. The van der Waals surface area contributed by atoms with Crippen molar-refractivity contribution in [2.75, 3.05) is 5.32 Å². The molecule has 0 spiro atoms. The van der Waals surface area contributed by atoms with E-state index in [9.17, 15) is 36.3 Å². The molecule has 2 heterocycles. The summed E-state index contributed by atoms with van der Waals surface area (Å²) in [5, 5.41) is 13.9. The number of Topliss-reactive ketones (excluding diaryl/α,β-unsaturated/α-hetero) is 2. The summed E-state index contributed by atoms with van der Waals surface area (Å²) in [6.07, 6.45) is -0.616. The zero-order valence-electron chi connectivity index (χ0n) is 25.6. The van der Waals surface area contributed by atoms with Gasteiger partial charge in [0.05, 0.1) is 12.0 Å². The number of nitrogens with one attached hydrogen (secondary N) is 2. The first-order valence-corrected chi connectivity index (χ1v) is 18.1. The maximum atomic E-state index is 14.2. The van der Waals surface area contributed by atoms with Crippen molar-refractivity contribution in [1.29, 1.82) is 0 Å². The summed E-state index contributed by atoms with van der Waals surface area (Å²) in [7, 11) is -9.12. The van der Waals surface area contributed by atoms with Crippen molar-refractivity contribution in [3.63, 3.8) is 0 Å². The van der Waals surface area contributed by atoms with E-state index in [1.807, 2.05) is 0 Å². The molecule has 0 saturated heterocycles. The Hall–Kier alpha value is -3.92. The lowest BCUT2D eigenvalue weighted by Gasteiger charge is -2.39. The lowest BCUT2D eigenvalue weighted by atomic mass is 9.62. The van der Waals surface area contributed by atoms with Gasteiger partial charge < -0.3 is 10.4 Å². The lowest BCUT2D eigenvalue weighted by molar-refractivity contribution is -0.125. The Kier molecular flexibility index (Phi) is 8.74. The number of benzene rings is 2. The highest BCUT2D eigenvalue weighted by atomic mass is 32.2. The molecule has 3 aromatic rings. The van der Waals surface area contributed by atoms with Crippen LogP contribution in [0.3, 0.4) is 0 Å². The zero-order chi connectivity index (χ0) is 33.7. The summed E-state index contributed by atoms with van der Waals surface area (Å²) >= 11 is 0.933. The van der Waals surface area contributed by atoms with E-state index < -0.39 is 62.3 Å². The number of carbonyl (C=O) groups excluding carboxylic acids is 2. The summed E-state index contributed by atoms with van der Waals surface area (Å²) in [5.41, 5.74) is 0.193. The van der Waals surface area contributed by atoms with E-state index in [0.29, 0.717) is 29.5 Å². The van der Waals surface area contributed by atoms with Gasteiger partial charge in [-0.1, -0.05) is 75.4 Å². The number of thiophene rings is 1. The number of amides is 1. The second-order valence-corrected chi connectivity index (χ2v) is 16.8. The van der Waals surface area contributed by atoms with Crippen molar-refractivity contribution in [3.05, 3.63) is 82.2 Å². The van der Waals surface area contributed by atoms with Gasteiger partial charge in [0.25, 0.3) is 10.0 Å². The first-order chi connectivity index (χ1) is 21.4. The number of amidine groups is 1. The van der Waals surface area contributed by atoms with Gasteiger partial charge in [0.1, 0.15) is 21.7 Å². The van der Waals surface area contributed by atoms with E-state index in [2.05, 4.69) is 35.2 Å². The fourth-order valence-corrected chi connectivity index (χ4v) is 9.27. The predicted molar refractivity (Wildman–Crippen MR) is 174 cm³/mol. The van der Waals surface area contributed by atoms with Gasteiger partial charge in [0.2, 0.25) is 0 Å². The molecule has 12 nitrogen and oxygen atoms in total. The topological polar surface area (TPSA) is 179 Å². The Morgan fingerprint density at radius 3 is 2.41 bits per heavy atom. The number of anilines is 1. The minimum absolute atomic E-state index is 0.0191. The van der Waals surface area contributed by atoms with Gasteiger partial charge in [-0.05, 0) is 41.7 Å². The van der Waals surface area contributed by atoms with Crippen molar-refractivity contribution in [2.45, 2.75) is 63.9 Å². The molecule has 1 unspecified atom stereocenters. The third-order valence-electron chi connectivity index (χ3n) is 8.16. The normalized spacial score (nSPS) is 20.7. The first kappa shape index (κ1) is 33.4. The van der Waals surface area contributed by atoms with Crippen molar-refractivity contribution in [3.8, 4) is 0 Å². The van der Waals surface area contributed by atoms with Crippen LogP contribution in [0.4, 0.5) is 9.80 Å². The van der Waals surface area contributed by atoms with Crippen LogP contribution in [0.2, 0.25) is 0 Å². The number of sulfonamides is 1. The molecule has 2 aliphatic rings. The molecule has 1 aliphatic carbocycles. The third kappa shape index (κ3) is 6.36. The molecular formula is C31H34N4O8S3. The SMILES string of the molecule is CC(C)(C)CC[C@@]1(C)C(=O)C(C2=NS(=O)(=O)c3c(CNS(=O)(=O)N(Cc4ccccc4)C(=O)O)csc3N2)C(=O)c2ccccc21. The molecule has 1 amide bonds. The Bertz CT molecular complexity index is 1970. The summed E-state index contributed by atoms with van der Waals surface area (Å²) in [5.74, 6) is -2.82. The number of ketones is 2. The highest BCUT2D eigenvalue weighted by Crippen LogP contribution is 2.45. The van der Waals surface area contributed by atoms with E-state index in [-0.39, 0.29) is 31.0 Å².